The maximum atomic E-state index is 8.37. The molecule has 1 heterocycles. The average molecular weight is 182 g/mol. The second-order valence-electron chi connectivity index (χ2n) is 4.67. The fourth-order valence-corrected chi connectivity index (χ4v) is 2.09. The quantitative estimate of drug-likeness (QED) is 0.349. The van der Waals surface area contributed by atoms with Gasteiger partial charge < -0.3 is 0 Å². The zero-order valence-electron chi connectivity index (χ0n) is 8.86. The molecule has 1 aliphatic rings. The van der Waals surface area contributed by atoms with E-state index in [1.807, 2.05) is 0 Å². The van der Waals surface area contributed by atoms with Crippen molar-refractivity contribution in [3.05, 3.63) is 10.4 Å². The molecular formula is C9H18N4. The summed E-state index contributed by atoms with van der Waals surface area (Å²) in [6.07, 6.45) is 0.989. The Morgan fingerprint density at radius 3 is 2.46 bits per heavy atom. The minimum atomic E-state index is 0.157. The molecule has 0 spiro atoms. The van der Waals surface area contributed by atoms with Crippen LogP contribution in [0.3, 0.4) is 0 Å². The highest BCUT2D eigenvalue weighted by Gasteiger charge is 2.35. The van der Waals surface area contributed by atoms with Crippen molar-refractivity contribution in [3.63, 3.8) is 0 Å². The predicted molar refractivity (Wildman–Crippen MR) is 53.5 cm³/mol. The van der Waals surface area contributed by atoms with Gasteiger partial charge in [-0.15, -0.1) is 0 Å². The van der Waals surface area contributed by atoms with Crippen LogP contribution in [-0.4, -0.2) is 29.1 Å². The first-order chi connectivity index (χ1) is 5.96. The Hall–Kier alpha value is -0.730. The number of rotatable bonds is 1. The molecule has 1 aliphatic heterocycles. The van der Waals surface area contributed by atoms with Crippen LogP contribution in [0.2, 0.25) is 0 Å². The van der Waals surface area contributed by atoms with Crippen molar-refractivity contribution in [1.82, 2.24) is 4.90 Å². The van der Waals surface area contributed by atoms with Gasteiger partial charge in [0.1, 0.15) is 0 Å². The van der Waals surface area contributed by atoms with Crippen LogP contribution in [0.4, 0.5) is 0 Å². The molecule has 0 unspecified atom stereocenters. The Morgan fingerprint density at radius 1 is 1.46 bits per heavy atom. The topological polar surface area (TPSA) is 52.0 Å². The monoisotopic (exact) mass is 182 g/mol. The van der Waals surface area contributed by atoms with Crippen LogP contribution in [0.25, 0.3) is 10.4 Å². The van der Waals surface area contributed by atoms with Crippen molar-refractivity contribution >= 4 is 0 Å². The first kappa shape index (κ1) is 10.4. The number of hydrogen-bond acceptors (Lipinski definition) is 2. The van der Waals surface area contributed by atoms with Crippen LogP contribution in [0, 0.1) is 0 Å². The van der Waals surface area contributed by atoms with E-state index in [2.05, 4.69) is 42.6 Å². The van der Waals surface area contributed by atoms with Crippen LogP contribution >= 0.6 is 0 Å². The Bertz CT molecular complexity index is 224. The SMILES string of the molecule is C[C@@H]1[C@H](N=[N+]=[N-])CCN1C(C)(C)C. The molecular weight excluding hydrogens is 164 g/mol. The van der Waals surface area contributed by atoms with E-state index in [1.165, 1.54) is 0 Å². The third-order valence-corrected chi connectivity index (χ3v) is 2.78. The van der Waals surface area contributed by atoms with Crippen molar-refractivity contribution in [3.8, 4) is 0 Å². The summed E-state index contributed by atoms with van der Waals surface area (Å²) >= 11 is 0. The first-order valence-corrected chi connectivity index (χ1v) is 4.78. The maximum absolute atomic E-state index is 8.37. The minimum absolute atomic E-state index is 0.157. The van der Waals surface area contributed by atoms with E-state index in [0.717, 1.165) is 13.0 Å². The summed E-state index contributed by atoms with van der Waals surface area (Å²) in [5.74, 6) is 0. The lowest BCUT2D eigenvalue weighted by molar-refractivity contribution is 0.126. The lowest BCUT2D eigenvalue weighted by atomic mass is 10.0. The van der Waals surface area contributed by atoms with Crippen LogP contribution in [0.15, 0.2) is 5.11 Å². The van der Waals surface area contributed by atoms with Gasteiger partial charge in [0.15, 0.2) is 0 Å². The number of nitrogens with zero attached hydrogens (tertiary/aromatic N) is 4. The van der Waals surface area contributed by atoms with Gasteiger partial charge in [0.05, 0.1) is 6.04 Å². The number of hydrogen-bond donors (Lipinski definition) is 0. The normalized spacial score (nSPS) is 30.2. The van der Waals surface area contributed by atoms with E-state index in [0.29, 0.717) is 6.04 Å². The first-order valence-electron chi connectivity index (χ1n) is 4.78. The van der Waals surface area contributed by atoms with Gasteiger partial charge in [-0.1, -0.05) is 5.11 Å². The highest BCUT2D eigenvalue weighted by atomic mass is 15.3. The van der Waals surface area contributed by atoms with Crippen LogP contribution < -0.4 is 0 Å². The van der Waals surface area contributed by atoms with E-state index in [9.17, 15) is 0 Å². The summed E-state index contributed by atoms with van der Waals surface area (Å²) in [5.41, 5.74) is 8.55. The van der Waals surface area contributed by atoms with Gasteiger partial charge in [-0.3, -0.25) is 4.90 Å². The summed E-state index contributed by atoms with van der Waals surface area (Å²) in [6.45, 7) is 9.76. The third-order valence-electron chi connectivity index (χ3n) is 2.78. The number of azide groups is 1. The molecule has 0 saturated carbocycles. The van der Waals surface area contributed by atoms with Crippen LogP contribution in [0.5, 0.6) is 0 Å². The predicted octanol–water partition coefficient (Wildman–Crippen LogP) is 2.56. The standard InChI is InChI=1S/C9H18N4/c1-7-8(11-12-10)5-6-13(7)9(2,3)4/h7-8H,5-6H2,1-4H3/t7-,8-/m1/s1. The van der Waals surface area contributed by atoms with E-state index < -0.39 is 0 Å². The van der Waals surface area contributed by atoms with E-state index in [1.54, 1.807) is 0 Å². The zero-order chi connectivity index (χ0) is 10.1. The molecule has 0 radical (unpaired) electrons. The van der Waals surface area contributed by atoms with Crippen molar-refractivity contribution < 1.29 is 0 Å². The van der Waals surface area contributed by atoms with Gasteiger partial charge in [-0.25, -0.2) is 0 Å². The second-order valence-corrected chi connectivity index (χ2v) is 4.67. The molecule has 0 N–H and O–H groups in total. The lowest BCUT2D eigenvalue weighted by Crippen LogP contribution is -2.45. The van der Waals surface area contributed by atoms with E-state index in [-0.39, 0.29) is 11.6 Å². The number of likely N-dealkylation sites (tertiary alicyclic amines) is 1. The molecule has 4 heteroatoms. The van der Waals surface area contributed by atoms with E-state index in [4.69, 9.17) is 5.53 Å². The molecule has 0 aromatic carbocycles. The van der Waals surface area contributed by atoms with Crippen LogP contribution in [0.1, 0.15) is 34.1 Å². The molecule has 1 rings (SSSR count). The highest BCUT2D eigenvalue weighted by molar-refractivity contribution is 4.94. The summed E-state index contributed by atoms with van der Waals surface area (Å²) in [7, 11) is 0. The van der Waals surface area contributed by atoms with Crippen LogP contribution in [-0.2, 0) is 0 Å². The molecule has 0 aliphatic carbocycles. The summed E-state index contributed by atoms with van der Waals surface area (Å²) in [6, 6.07) is 0.528. The molecule has 0 aromatic rings. The fraction of sp³-hybridized carbons (Fsp3) is 1.00. The molecule has 2 atom stereocenters. The zero-order valence-corrected chi connectivity index (χ0v) is 8.86. The third kappa shape index (κ3) is 2.14. The van der Waals surface area contributed by atoms with Gasteiger partial charge >= 0.3 is 0 Å². The Kier molecular flexibility index (Phi) is 2.84. The summed E-state index contributed by atoms with van der Waals surface area (Å²) in [5, 5.41) is 3.81. The molecule has 74 valence electrons. The minimum Gasteiger partial charge on any atom is -0.295 e. The summed E-state index contributed by atoms with van der Waals surface area (Å²) < 4.78 is 0. The average Bonchev–Trinajstić information content (AvgIpc) is 2.32. The largest absolute Gasteiger partial charge is 0.295 e. The molecule has 1 saturated heterocycles. The Morgan fingerprint density at radius 2 is 2.08 bits per heavy atom. The molecule has 13 heavy (non-hydrogen) atoms. The van der Waals surface area contributed by atoms with Gasteiger partial charge in [-0.05, 0) is 46.2 Å². The van der Waals surface area contributed by atoms with Crippen molar-refractivity contribution in [2.75, 3.05) is 6.54 Å². The Labute approximate surface area is 79.5 Å². The van der Waals surface area contributed by atoms with Crippen molar-refractivity contribution in [2.45, 2.75) is 51.7 Å². The molecule has 4 nitrogen and oxygen atoms in total. The molecule has 0 amide bonds. The lowest BCUT2D eigenvalue weighted by Gasteiger charge is -2.36. The fourth-order valence-electron chi connectivity index (χ4n) is 2.09. The maximum Gasteiger partial charge on any atom is 0.0539 e. The second kappa shape index (κ2) is 3.56. The van der Waals surface area contributed by atoms with Gasteiger partial charge in [0.25, 0.3) is 0 Å². The molecule has 0 bridgehead atoms. The van der Waals surface area contributed by atoms with Gasteiger partial charge in [0.2, 0.25) is 0 Å². The van der Waals surface area contributed by atoms with Gasteiger partial charge in [0, 0.05) is 16.5 Å². The molecule has 1 fully saturated rings. The van der Waals surface area contributed by atoms with Crippen molar-refractivity contribution in [2.24, 2.45) is 5.11 Å². The smallest absolute Gasteiger partial charge is 0.0539 e. The Balaban J connectivity index is 2.70. The molecule has 0 aromatic heterocycles. The van der Waals surface area contributed by atoms with Gasteiger partial charge in [-0.2, -0.15) is 0 Å². The van der Waals surface area contributed by atoms with Crippen molar-refractivity contribution in [1.29, 1.82) is 0 Å². The van der Waals surface area contributed by atoms with E-state index >= 15 is 0 Å². The summed E-state index contributed by atoms with van der Waals surface area (Å²) in [4.78, 5) is 5.28. The highest BCUT2D eigenvalue weighted by Crippen LogP contribution is 2.28.